The first-order valence-electron chi connectivity index (χ1n) is 6.26. The molecule has 0 aliphatic carbocycles. The number of alkyl halides is 3. The van der Waals surface area contributed by atoms with Crippen molar-refractivity contribution in [3.05, 3.63) is 47.8 Å². The number of sulfone groups is 1. The summed E-state index contributed by atoms with van der Waals surface area (Å²) in [6, 6.07) is 3.59. The molecule has 2 rings (SSSR count). The maximum absolute atomic E-state index is 13.1. The maximum atomic E-state index is 13.1. The molecular weight excluding hydrogens is 351 g/mol. The van der Waals surface area contributed by atoms with Gasteiger partial charge in [0.1, 0.15) is 16.4 Å². The lowest BCUT2D eigenvalue weighted by Gasteiger charge is -2.16. The van der Waals surface area contributed by atoms with E-state index in [-0.39, 0.29) is 5.75 Å². The third-order valence-corrected chi connectivity index (χ3v) is 4.00. The highest BCUT2D eigenvalue weighted by Gasteiger charge is 2.37. The number of benzene rings is 1. The number of aromatic nitrogens is 1. The molecular formula is C14H10F3NO5S. The zero-order chi connectivity index (χ0) is 18.1. The van der Waals surface area contributed by atoms with E-state index < -0.39 is 43.8 Å². The molecule has 1 N–H and O–H groups in total. The Morgan fingerprint density at radius 3 is 2.42 bits per heavy atom. The fourth-order valence-corrected chi connectivity index (χ4v) is 2.67. The van der Waals surface area contributed by atoms with Crippen molar-refractivity contribution >= 4 is 15.8 Å². The molecule has 0 saturated heterocycles. The average Bonchev–Trinajstić information content (AvgIpc) is 2.45. The first kappa shape index (κ1) is 17.7. The van der Waals surface area contributed by atoms with Crippen LogP contribution in [0.4, 0.5) is 13.2 Å². The van der Waals surface area contributed by atoms with Crippen LogP contribution in [0.1, 0.15) is 15.9 Å². The Balaban J connectivity index is 2.74. The number of pyridine rings is 1. The number of aromatic carboxylic acids is 1. The van der Waals surface area contributed by atoms with Gasteiger partial charge in [0.2, 0.25) is 0 Å². The molecule has 0 unspecified atom stereocenters. The van der Waals surface area contributed by atoms with Crippen molar-refractivity contribution in [3.8, 4) is 11.5 Å². The summed E-state index contributed by atoms with van der Waals surface area (Å²) >= 11 is 0. The molecule has 10 heteroatoms. The Morgan fingerprint density at radius 1 is 1.29 bits per heavy atom. The number of rotatable bonds is 4. The molecule has 2 aromatic rings. The normalized spacial score (nSPS) is 12.0. The van der Waals surface area contributed by atoms with Crippen LogP contribution in [0.5, 0.6) is 11.5 Å². The highest BCUT2D eigenvalue weighted by atomic mass is 32.2. The number of ether oxygens (including phenoxy) is 1. The summed E-state index contributed by atoms with van der Waals surface area (Å²) in [7, 11) is -4.05. The zero-order valence-corrected chi connectivity index (χ0v) is 12.9. The summed E-state index contributed by atoms with van der Waals surface area (Å²) in [6.07, 6.45) is -1.71. The van der Waals surface area contributed by atoms with Crippen molar-refractivity contribution in [2.45, 2.75) is 11.1 Å². The predicted molar refractivity (Wildman–Crippen MR) is 75.8 cm³/mol. The summed E-state index contributed by atoms with van der Waals surface area (Å²) in [4.78, 5) is 14.1. The minimum Gasteiger partial charge on any atom is -0.478 e. The smallest absolute Gasteiger partial charge is 0.417 e. The number of hydrogen-bond acceptors (Lipinski definition) is 5. The van der Waals surface area contributed by atoms with Gasteiger partial charge in [-0.1, -0.05) is 0 Å². The third-order valence-electron chi connectivity index (χ3n) is 2.88. The Labute approximate surface area is 134 Å². The van der Waals surface area contributed by atoms with Crippen molar-refractivity contribution in [3.63, 3.8) is 0 Å². The highest BCUT2D eigenvalue weighted by Crippen LogP contribution is 2.39. The van der Waals surface area contributed by atoms with Crippen LogP contribution in [0, 0.1) is 0 Å². The van der Waals surface area contributed by atoms with E-state index in [1.165, 1.54) is 24.5 Å². The SMILES string of the molecule is CS(=O)(=O)c1cc(C(=O)O)c(C(F)(F)F)cc1Oc1cccnc1. The van der Waals surface area contributed by atoms with Crippen LogP contribution in [0.15, 0.2) is 41.6 Å². The summed E-state index contributed by atoms with van der Waals surface area (Å²) in [6.45, 7) is 0. The summed E-state index contributed by atoms with van der Waals surface area (Å²) in [5.74, 6) is -2.54. The molecule has 1 aromatic heterocycles. The fourth-order valence-electron chi connectivity index (χ4n) is 1.88. The summed E-state index contributed by atoms with van der Waals surface area (Å²) < 4.78 is 68.0. The van der Waals surface area contributed by atoms with Gasteiger partial charge in [-0.25, -0.2) is 13.2 Å². The predicted octanol–water partition coefficient (Wildman–Crippen LogP) is 2.99. The van der Waals surface area contributed by atoms with Gasteiger partial charge in [0.15, 0.2) is 9.84 Å². The van der Waals surface area contributed by atoms with E-state index in [1.54, 1.807) is 0 Å². The molecule has 6 nitrogen and oxygen atoms in total. The third kappa shape index (κ3) is 3.82. The number of carbonyl (C=O) groups is 1. The van der Waals surface area contributed by atoms with Crippen LogP contribution in [-0.4, -0.2) is 30.7 Å². The number of nitrogens with zero attached hydrogens (tertiary/aromatic N) is 1. The second-order valence-corrected chi connectivity index (χ2v) is 6.69. The van der Waals surface area contributed by atoms with Crippen LogP contribution in [-0.2, 0) is 16.0 Å². The molecule has 0 aliphatic heterocycles. The summed E-state index contributed by atoms with van der Waals surface area (Å²) in [5.41, 5.74) is -2.69. The first-order chi connectivity index (χ1) is 11.0. The molecule has 0 spiro atoms. The largest absolute Gasteiger partial charge is 0.478 e. The van der Waals surface area contributed by atoms with Gasteiger partial charge in [-0.15, -0.1) is 0 Å². The fraction of sp³-hybridized carbons (Fsp3) is 0.143. The maximum Gasteiger partial charge on any atom is 0.417 e. The van der Waals surface area contributed by atoms with Crippen LogP contribution in [0.25, 0.3) is 0 Å². The molecule has 1 heterocycles. The van der Waals surface area contributed by atoms with Crippen LogP contribution >= 0.6 is 0 Å². The van der Waals surface area contributed by atoms with Crippen LogP contribution < -0.4 is 4.74 Å². The monoisotopic (exact) mass is 361 g/mol. The van der Waals surface area contributed by atoms with Gasteiger partial charge in [0.25, 0.3) is 0 Å². The van der Waals surface area contributed by atoms with Gasteiger partial charge in [0.05, 0.1) is 17.3 Å². The number of hydrogen-bond donors (Lipinski definition) is 1. The second kappa shape index (κ2) is 6.11. The molecule has 0 radical (unpaired) electrons. The van der Waals surface area contributed by atoms with E-state index in [0.717, 1.165) is 6.26 Å². The second-order valence-electron chi connectivity index (χ2n) is 4.71. The highest BCUT2D eigenvalue weighted by molar-refractivity contribution is 7.90. The lowest BCUT2D eigenvalue weighted by molar-refractivity contribution is -0.138. The van der Waals surface area contributed by atoms with Crippen molar-refractivity contribution in [1.82, 2.24) is 4.98 Å². The molecule has 0 atom stereocenters. The van der Waals surface area contributed by atoms with E-state index in [9.17, 15) is 26.4 Å². The van der Waals surface area contributed by atoms with Gasteiger partial charge in [-0.05, 0) is 24.3 Å². The van der Waals surface area contributed by atoms with Gasteiger partial charge < -0.3 is 9.84 Å². The summed E-state index contributed by atoms with van der Waals surface area (Å²) in [5, 5.41) is 8.95. The Hall–Kier alpha value is -2.62. The zero-order valence-electron chi connectivity index (χ0n) is 12.0. The Kier molecular flexibility index (Phi) is 4.52. The molecule has 1 aromatic carbocycles. The minimum absolute atomic E-state index is 0.00130. The standard InChI is InChI=1S/C14H10F3NO5S/c1-24(21,22)12-5-9(13(19)20)10(14(15,16)17)6-11(12)23-8-3-2-4-18-7-8/h2-7H,1H3,(H,19,20). The van der Waals surface area contributed by atoms with Crippen molar-refractivity contribution in [2.75, 3.05) is 6.26 Å². The topological polar surface area (TPSA) is 93.6 Å². The molecule has 24 heavy (non-hydrogen) atoms. The van der Waals surface area contributed by atoms with Gasteiger partial charge in [-0.3, -0.25) is 4.98 Å². The van der Waals surface area contributed by atoms with Crippen LogP contribution in [0.2, 0.25) is 0 Å². The van der Waals surface area contributed by atoms with E-state index in [4.69, 9.17) is 9.84 Å². The number of halogens is 3. The lowest BCUT2D eigenvalue weighted by atomic mass is 10.1. The van der Waals surface area contributed by atoms with Crippen molar-refractivity contribution in [2.24, 2.45) is 0 Å². The molecule has 0 bridgehead atoms. The van der Waals surface area contributed by atoms with Gasteiger partial charge >= 0.3 is 12.1 Å². The number of carboxylic acids is 1. The van der Waals surface area contributed by atoms with Gasteiger partial charge in [0, 0.05) is 12.5 Å². The molecule has 0 amide bonds. The Bertz CT molecular complexity index is 879. The minimum atomic E-state index is -5.00. The lowest BCUT2D eigenvalue weighted by Crippen LogP contribution is -2.15. The molecule has 0 aliphatic rings. The van der Waals surface area contributed by atoms with E-state index in [1.807, 2.05) is 0 Å². The van der Waals surface area contributed by atoms with Crippen LogP contribution in [0.3, 0.4) is 0 Å². The van der Waals surface area contributed by atoms with Gasteiger partial charge in [-0.2, -0.15) is 13.2 Å². The quantitative estimate of drug-likeness (QED) is 0.900. The Morgan fingerprint density at radius 2 is 1.96 bits per heavy atom. The average molecular weight is 361 g/mol. The first-order valence-corrected chi connectivity index (χ1v) is 8.16. The van der Waals surface area contributed by atoms with E-state index in [2.05, 4.69) is 4.98 Å². The molecule has 0 saturated carbocycles. The number of carboxylic acid groups (broad SMARTS) is 1. The van der Waals surface area contributed by atoms with E-state index in [0.29, 0.717) is 12.1 Å². The van der Waals surface area contributed by atoms with Crippen molar-refractivity contribution in [1.29, 1.82) is 0 Å². The molecule has 0 fully saturated rings. The molecule has 128 valence electrons. The van der Waals surface area contributed by atoms with E-state index >= 15 is 0 Å². The van der Waals surface area contributed by atoms with Crippen molar-refractivity contribution < 1.29 is 36.2 Å².